The van der Waals surface area contributed by atoms with E-state index in [0.717, 1.165) is 47.3 Å². The van der Waals surface area contributed by atoms with Crippen LogP contribution in [0.5, 0.6) is 5.75 Å². The molecule has 2 heterocycles. The Bertz CT molecular complexity index is 810. The lowest BCUT2D eigenvalue weighted by Crippen LogP contribution is -2.05. The Morgan fingerprint density at radius 1 is 1.26 bits per heavy atom. The first-order valence-electron chi connectivity index (χ1n) is 7.82. The van der Waals surface area contributed by atoms with Gasteiger partial charge in [0, 0.05) is 37.1 Å². The molecule has 0 unspecified atom stereocenters. The smallest absolute Gasteiger partial charge is 0.145 e. The fraction of sp³-hybridized carbons (Fsp3) is 0.333. The minimum absolute atomic E-state index is 0.806. The fourth-order valence-electron chi connectivity index (χ4n) is 2.80. The second-order valence-corrected chi connectivity index (χ2v) is 5.73. The molecule has 0 bridgehead atoms. The number of ether oxygens (including phenoxy) is 1. The number of nitrogens with zero attached hydrogens (tertiary/aromatic N) is 3. The molecule has 0 amide bonds. The second kappa shape index (κ2) is 6.69. The van der Waals surface area contributed by atoms with E-state index in [0.29, 0.717) is 0 Å². The molecule has 5 nitrogen and oxygen atoms in total. The number of nitrogens with one attached hydrogen (secondary N) is 1. The molecular formula is C18H22N4O. The molecule has 0 radical (unpaired) electrons. The predicted molar refractivity (Wildman–Crippen MR) is 93.1 cm³/mol. The van der Waals surface area contributed by atoms with Crippen molar-refractivity contribution in [3.8, 4) is 5.75 Å². The van der Waals surface area contributed by atoms with Crippen LogP contribution in [0.3, 0.4) is 0 Å². The van der Waals surface area contributed by atoms with Crippen LogP contribution in [0.2, 0.25) is 0 Å². The van der Waals surface area contributed by atoms with Crippen molar-refractivity contribution in [3.05, 3.63) is 47.9 Å². The van der Waals surface area contributed by atoms with Gasteiger partial charge in [0.15, 0.2) is 0 Å². The highest BCUT2D eigenvalue weighted by Gasteiger charge is 2.09. The molecule has 2 aromatic heterocycles. The van der Waals surface area contributed by atoms with Crippen LogP contribution in [-0.2, 0) is 13.5 Å². The van der Waals surface area contributed by atoms with E-state index in [4.69, 9.17) is 4.74 Å². The van der Waals surface area contributed by atoms with E-state index in [1.807, 2.05) is 36.3 Å². The molecule has 120 valence electrons. The average Bonchev–Trinajstić information content (AvgIpc) is 2.97. The first-order valence-corrected chi connectivity index (χ1v) is 7.82. The molecule has 0 saturated carbocycles. The number of anilines is 1. The Morgan fingerprint density at radius 2 is 2.13 bits per heavy atom. The fourth-order valence-corrected chi connectivity index (χ4v) is 2.80. The summed E-state index contributed by atoms with van der Waals surface area (Å²) in [5, 5.41) is 8.87. The largest absolute Gasteiger partial charge is 0.494 e. The van der Waals surface area contributed by atoms with Crippen LogP contribution in [0.15, 0.2) is 36.8 Å². The highest BCUT2D eigenvalue weighted by Crippen LogP contribution is 2.31. The van der Waals surface area contributed by atoms with Crippen LogP contribution in [0.1, 0.15) is 17.5 Å². The van der Waals surface area contributed by atoms with Gasteiger partial charge in [0.05, 0.1) is 13.3 Å². The van der Waals surface area contributed by atoms with Crippen LogP contribution in [0, 0.1) is 6.92 Å². The van der Waals surface area contributed by atoms with Gasteiger partial charge in [-0.2, -0.15) is 5.10 Å². The van der Waals surface area contributed by atoms with E-state index in [9.17, 15) is 0 Å². The zero-order chi connectivity index (χ0) is 16.2. The average molecular weight is 310 g/mol. The molecule has 3 rings (SSSR count). The second-order valence-electron chi connectivity index (χ2n) is 5.73. The lowest BCUT2D eigenvalue weighted by Gasteiger charge is -2.13. The van der Waals surface area contributed by atoms with Crippen LogP contribution in [-0.4, -0.2) is 28.4 Å². The van der Waals surface area contributed by atoms with Gasteiger partial charge in [-0.1, -0.05) is 12.1 Å². The van der Waals surface area contributed by atoms with Gasteiger partial charge in [0.2, 0.25) is 0 Å². The Balaban J connectivity index is 1.73. The Morgan fingerprint density at radius 3 is 2.87 bits per heavy atom. The molecule has 1 aromatic carbocycles. The molecule has 0 spiro atoms. The van der Waals surface area contributed by atoms with Crippen molar-refractivity contribution in [1.82, 2.24) is 14.8 Å². The summed E-state index contributed by atoms with van der Waals surface area (Å²) in [4.78, 5) is 4.51. The summed E-state index contributed by atoms with van der Waals surface area (Å²) >= 11 is 0. The van der Waals surface area contributed by atoms with Crippen molar-refractivity contribution in [1.29, 1.82) is 0 Å². The molecule has 0 atom stereocenters. The van der Waals surface area contributed by atoms with Crippen LogP contribution >= 0.6 is 0 Å². The summed E-state index contributed by atoms with van der Waals surface area (Å²) in [6.07, 6.45) is 7.97. The number of benzene rings is 1. The third-order valence-corrected chi connectivity index (χ3v) is 3.97. The van der Waals surface area contributed by atoms with Gasteiger partial charge < -0.3 is 10.1 Å². The molecule has 23 heavy (non-hydrogen) atoms. The third-order valence-electron chi connectivity index (χ3n) is 3.97. The minimum atomic E-state index is 0.806. The molecular weight excluding hydrogens is 288 g/mol. The molecule has 0 saturated heterocycles. The Labute approximate surface area is 136 Å². The van der Waals surface area contributed by atoms with E-state index < -0.39 is 0 Å². The summed E-state index contributed by atoms with van der Waals surface area (Å²) < 4.78 is 7.25. The van der Waals surface area contributed by atoms with Gasteiger partial charge >= 0.3 is 0 Å². The van der Waals surface area contributed by atoms with Gasteiger partial charge in [-0.25, -0.2) is 0 Å². The maximum Gasteiger partial charge on any atom is 0.145 e. The van der Waals surface area contributed by atoms with Gasteiger partial charge in [-0.05, 0) is 37.0 Å². The lowest BCUT2D eigenvalue weighted by atomic mass is 10.1. The maximum atomic E-state index is 5.41. The van der Waals surface area contributed by atoms with E-state index in [-0.39, 0.29) is 0 Å². The van der Waals surface area contributed by atoms with Gasteiger partial charge in [0.1, 0.15) is 11.3 Å². The van der Waals surface area contributed by atoms with Gasteiger partial charge in [-0.3, -0.25) is 9.67 Å². The summed E-state index contributed by atoms with van der Waals surface area (Å²) in [6, 6.07) is 6.03. The maximum absolute atomic E-state index is 5.41. The summed E-state index contributed by atoms with van der Waals surface area (Å²) in [6.45, 7) is 2.99. The Hall–Kier alpha value is -2.56. The normalized spacial score (nSPS) is 10.9. The topological polar surface area (TPSA) is 52.0 Å². The predicted octanol–water partition coefficient (Wildman–Crippen LogP) is 3.33. The van der Waals surface area contributed by atoms with Crippen molar-refractivity contribution in [2.75, 3.05) is 19.0 Å². The lowest BCUT2D eigenvalue weighted by molar-refractivity contribution is 0.419. The third kappa shape index (κ3) is 3.28. The quantitative estimate of drug-likeness (QED) is 0.710. The number of methoxy groups -OCH3 is 1. The number of para-hydroxylation sites is 1. The van der Waals surface area contributed by atoms with E-state index in [2.05, 4.69) is 34.6 Å². The molecule has 0 aliphatic heterocycles. The monoisotopic (exact) mass is 310 g/mol. The van der Waals surface area contributed by atoms with E-state index in [1.165, 1.54) is 5.56 Å². The summed E-state index contributed by atoms with van der Waals surface area (Å²) in [7, 11) is 3.62. The zero-order valence-corrected chi connectivity index (χ0v) is 13.8. The van der Waals surface area contributed by atoms with Crippen molar-refractivity contribution in [2.24, 2.45) is 7.05 Å². The standard InChI is InChI=1S/C18H22N4O/c1-13-10-20-18-15(7-4-8-16(18)23-3)17(13)19-9-5-6-14-11-21-22(2)12-14/h4,7-8,10-12H,5-6,9H2,1-3H3,(H,19,20). The number of hydrogen-bond acceptors (Lipinski definition) is 4. The number of aromatic nitrogens is 3. The highest BCUT2D eigenvalue weighted by atomic mass is 16.5. The first kappa shape index (κ1) is 15.3. The zero-order valence-electron chi connectivity index (χ0n) is 13.8. The number of fused-ring (bicyclic) bond motifs is 1. The number of hydrogen-bond donors (Lipinski definition) is 1. The van der Waals surface area contributed by atoms with Crippen molar-refractivity contribution < 1.29 is 4.74 Å². The highest BCUT2D eigenvalue weighted by molar-refractivity contribution is 5.96. The van der Waals surface area contributed by atoms with Gasteiger partial charge in [0.25, 0.3) is 0 Å². The van der Waals surface area contributed by atoms with E-state index in [1.54, 1.807) is 7.11 Å². The van der Waals surface area contributed by atoms with Crippen molar-refractivity contribution >= 4 is 16.6 Å². The Kier molecular flexibility index (Phi) is 4.46. The van der Waals surface area contributed by atoms with Gasteiger partial charge in [-0.15, -0.1) is 0 Å². The molecule has 0 aliphatic carbocycles. The summed E-state index contributed by atoms with van der Waals surface area (Å²) in [5.74, 6) is 0.806. The number of aryl methyl sites for hydroxylation is 3. The SMILES string of the molecule is COc1cccc2c(NCCCc3cnn(C)c3)c(C)cnc12. The molecule has 0 fully saturated rings. The summed E-state index contributed by atoms with van der Waals surface area (Å²) in [5.41, 5.74) is 4.45. The van der Waals surface area contributed by atoms with Crippen molar-refractivity contribution in [3.63, 3.8) is 0 Å². The first-order chi connectivity index (χ1) is 11.2. The van der Waals surface area contributed by atoms with Crippen molar-refractivity contribution in [2.45, 2.75) is 19.8 Å². The van der Waals surface area contributed by atoms with E-state index >= 15 is 0 Å². The number of pyridine rings is 1. The van der Waals surface area contributed by atoms with Crippen LogP contribution in [0.25, 0.3) is 10.9 Å². The van der Waals surface area contributed by atoms with Crippen LogP contribution < -0.4 is 10.1 Å². The minimum Gasteiger partial charge on any atom is -0.494 e. The molecule has 3 aromatic rings. The molecule has 0 aliphatic rings. The van der Waals surface area contributed by atoms with Crippen LogP contribution in [0.4, 0.5) is 5.69 Å². The number of rotatable bonds is 6. The molecule has 5 heteroatoms. The molecule has 1 N–H and O–H groups in total.